The lowest BCUT2D eigenvalue weighted by molar-refractivity contribution is -0.102. The molecule has 2 heteroatoms. The third-order valence-electron chi connectivity index (χ3n) is 3.01. The van der Waals surface area contributed by atoms with Crippen molar-refractivity contribution in [2.24, 2.45) is 4.99 Å². The number of fused-ring (bicyclic) bond motifs is 1. The van der Waals surface area contributed by atoms with Crippen molar-refractivity contribution in [1.29, 1.82) is 0 Å². The SMILES string of the molecule is O=CC1=NCC(c2cccc3ccccc23)=C1. The second kappa shape index (κ2) is 3.98. The van der Waals surface area contributed by atoms with Crippen LogP contribution in [0.5, 0.6) is 0 Å². The number of hydrogen-bond acceptors (Lipinski definition) is 2. The van der Waals surface area contributed by atoms with Gasteiger partial charge in [-0.05, 0) is 28.0 Å². The summed E-state index contributed by atoms with van der Waals surface area (Å²) in [4.78, 5) is 14.8. The van der Waals surface area contributed by atoms with Gasteiger partial charge in [-0.15, -0.1) is 0 Å². The van der Waals surface area contributed by atoms with Crippen LogP contribution in [0.2, 0.25) is 0 Å². The minimum atomic E-state index is 0.535. The standard InChI is InChI=1S/C15H11NO/c17-10-13-8-12(9-16-13)15-7-3-5-11-4-1-2-6-14(11)15/h1-8,10H,9H2. The number of aldehydes is 1. The lowest BCUT2D eigenvalue weighted by Crippen LogP contribution is -1.89. The van der Waals surface area contributed by atoms with Gasteiger partial charge in [-0.25, -0.2) is 0 Å². The van der Waals surface area contributed by atoms with E-state index in [-0.39, 0.29) is 0 Å². The summed E-state index contributed by atoms with van der Waals surface area (Å²) < 4.78 is 0. The molecule has 82 valence electrons. The van der Waals surface area contributed by atoms with Crippen LogP contribution in [-0.4, -0.2) is 18.5 Å². The monoisotopic (exact) mass is 221 g/mol. The molecule has 1 aliphatic heterocycles. The van der Waals surface area contributed by atoms with Gasteiger partial charge in [-0.2, -0.15) is 0 Å². The Labute approximate surface area is 99.3 Å². The van der Waals surface area contributed by atoms with Crippen molar-refractivity contribution >= 4 is 28.3 Å². The number of carbonyl (C=O) groups is 1. The van der Waals surface area contributed by atoms with E-state index >= 15 is 0 Å². The Morgan fingerprint density at radius 3 is 2.71 bits per heavy atom. The molecule has 0 aliphatic carbocycles. The molecule has 0 spiro atoms. The van der Waals surface area contributed by atoms with E-state index in [1.807, 2.05) is 24.3 Å². The molecule has 0 saturated heterocycles. The normalized spacial score (nSPS) is 14.6. The zero-order valence-corrected chi connectivity index (χ0v) is 9.26. The number of benzene rings is 2. The number of hydrogen-bond donors (Lipinski definition) is 0. The minimum Gasteiger partial charge on any atom is -0.296 e. The summed E-state index contributed by atoms with van der Waals surface area (Å²) >= 11 is 0. The minimum absolute atomic E-state index is 0.535. The number of aliphatic imine (C=N–C) groups is 1. The van der Waals surface area contributed by atoms with Crippen molar-refractivity contribution in [2.45, 2.75) is 0 Å². The highest BCUT2D eigenvalue weighted by Gasteiger charge is 2.11. The molecule has 1 aliphatic rings. The molecule has 3 rings (SSSR count). The highest BCUT2D eigenvalue weighted by molar-refractivity contribution is 6.36. The highest BCUT2D eigenvalue weighted by Crippen LogP contribution is 2.27. The van der Waals surface area contributed by atoms with Gasteiger partial charge in [-0.3, -0.25) is 9.79 Å². The molecule has 0 aromatic heterocycles. The van der Waals surface area contributed by atoms with E-state index in [2.05, 4.69) is 29.3 Å². The maximum atomic E-state index is 10.7. The van der Waals surface area contributed by atoms with Crippen LogP contribution in [0, 0.1) is 0 Å². The third kappa shape index (κ3) is 1.68. The summed E-state index contributed by atoms with van der Waals surface area (Å²) in [5, 5.41) is 2.43. The predicted octanol–water partition coefficient (Wildman–Crippen LogP) is 2.88. The molecular weight excluding hydrogens is 210 g/mol. The molecule has 0 amide bonds. The first-order chi connectivity index (χ1) is 8.38. The van der Waals surface area contributed by atoms with Crippen molar-refractivity contribution in [3.63, 3.8) is 0 Å². The summed E-state index contributed by atoms with van der Waals surface area (Å²) in [5.41, 5.74) is 2.82. The summed E-state index contributed by atoms with van der Waals surface area (Å²) in [5.74, 6) is 0. The van der Waals surface area contributed by atoms with Crippen molar-refractivity contribution in [3.8, 4) is 0 Å². The lowest BCUT2D eigenvalue weighted by atomic mass is 9.98. The van der Waals surface area contributed by atoms with E-state index in [4.69, 9.17) is 0 Å². The van der Waals surface area contributed by atoms with Crippen molar-refractivity contribution < 1.29 is 4.79 Å². The average Bonchev–Trinajstić information content (AvgIpc) is 2.87. The van der Waals surface area contributed by atoms with Crippen LogP contribution in [0.4, 0.5) is 0 Å². The molecule has 0 N–H and O–H groups in total. The Morgan fingerprint density at radius 2 is 1.88 bits per heavy atom. The zero-order valence-electron chi connectivity index (χ0n) is 9.26. The highest BCUT2D eigenvalue weighted by atomic mass is 16.1. The fraction of sp³-hybridized carbons (Fsp3) is 0.0667. The molecule has 17 heavy (non-hydrogen) atoms. The summed E-state index contributed by atoms with van der Waals surface area (Å²) in [6.45, 7) is 0.599. The van der Waals surface area contributed by atoms with E-state index < -0.39 is 0 Å². The second-order valence-corrected chi connectivity index (χ2v) is 4.06. The van der Waals surface area contributed by atoms with Gasteiger partial charge in [0.1, 0.15) is 0 Å². The number of nitrogens with zero attached hydrogens (tertiary/aromatic N) is 1. The van der Waals surface area contributed by atoms with Gasteiger partial charge in [0.05, 0.1) is 12.3 Å². The second-order valence-electron chi connectivity index (χ2n) is 4.06. The van der Waals surface area contributed by atoms with Gasteiger partial charge in [0.2, 0.25) is 0 Å². The van der Waals surface area contributed by atoms with E-state index in [1.165, 1.54) is 16.3 Å². The largest absolute Gasteiger partial charge is 0.296 e. The van der Waals surface area contributed by atoms with Gasteiger partial charge in [0, 0.05) is 0 Å². The Morgan fingerprint density at radius 1 is 1.06 bits per heavy atom. The van der Waals surface area contributed by atoms with Crippen LogP contribution < -0.4 is 0 Å². The van der Waals surface area contributed by atoms with Crippen molar-refractivity contribution in [2.75, 3.05) is 6.54 Å². The molecular formula is C15H11NO. The van der Waals surface area contributed by atoms with Crippen LogP contribution in [0.3, 0.4) is 0 Å². The number of rotatable bonds is 2. The van der Waals surface area contributed by atoms with E-state index in [0.29, 0.717) is 12.3 Å². The molecule has 2 aromatic rings. The smallest absolute Gasteiger partial charge is 0.167 e. The molecule has 1 heterocycles. The molecule has 2 aromatic carbocycles. The van der Waals surface area contributed by atoms with Crippen LogP contribution in [0.15, 0.2) is 53.5 Å². The average molecular weight is 221 g/mol. The Hall–Kier alpha value is -2.22. The van der Waals surface area contributed by atoms with Gasteiger partial charge in [0.15, 0.2) is 6.29 Å². The molecule has 2 nitrogen and oxygen atoms in total. The van der Waals surface area contributed by atoms with Gasteiger partial charge in [0.25, 0.3) is 0 Å². The molecule has 0 saturated carbocycles. The first kappa shape index (κ1) is 9.97. The molecule has 0 atom stereocenters. The van der Waals surface area contributed by atoms with Crippen LogP contribution in [0.1, 0.15) is 5.56 Å². The third-order valence-corrected chi connectivity index (χ3v) is 3.01. The number of allylic oxidation sites excluding steroid dienone is 1. The molecule has 0 unspecified atom stereocenters. The summed E-state index contributed by atoms with van der Waals surface area (Å²) in [7, 11) is 0. The predicted molar refractivity (Wildman–Crippen MR) is 70.3 cm³/mol. The Bertz CT molecular complexity index is 648. The molecule has 0 fully saturated rings. The van der Waals surface area contributed by atoms with E-state index in [9.17, 15) is 4.79 Å². The summed E-state index contributed by atoms with van der Waals surface area (Å²) in [6, 6.07) is 14.5. The van der Waals surface area contributed by atoms with Gasteiger partial charge < -0.3 is 0 Å². The van der Waals surface area contributed by atoms with Crippen molar-refractivity contribution in [1.82, 2.24) is 0 Å². The fourth-order valence-corrected chi connectivity index (χ4v) is 2.19. The van der Waals surface area contributed by atoms with Gasteiger partial charge in [-0.1, -0.05) is 42.5 Å². The molecule has 0 radical (unpaired) electrons. The van der Waals surface area contributed by atoms with Crippen molar-refractivity contribution in [3.05, 3.63) is 54.1 Å². The summed E-state index contributed by atoms with van der Waals surface area (Å²) in [6.07, 6.45) is 2.67. The Balaban J connectivity index is 2.16. The topological polar surface area (TPSA) is 29.4 Å². The van der Waals surface area contributed by atoms with Gasteiger partial charge >= 0.3 is 0 Å². The maximum Gasteiger partial charge on any atom is 0.167 e. The molecule has 0 bridgehead atoms. The maximum absolute atomic E-state index is 10.7. The lowest BCUT2D eigenvalue weighted by Gasteiger charge is -2.06. The van der Waals surface area contributed by atoms with Crippen LogP contribution in [-0.2, 0) is 4.79 Å². The van der Waals surface area contributed by atoms with E-state index in [0.717, 1.165) is 11.9 Å². The van der Waals surface area contributed by atoms with E-state index in [1.54, 1.807) is 0 Å². The first-order valence-corrected chi connectivity index (χ1v) is 5.57. The first-order valence-electron chi connectivity index (χ1n) is 5.57. The zero-order chi connectivity index (χ0) is 11.7. The van der Waals surface area contributed by atoms with Crippen LogP contribution >= 0.6 is 0 Å². The van der Waals surface area contributed by atoms with Crippen LogP contribution in [0.25, 0.3) is 16.3 Å². The quantitative estimate of drug-likeness (QED) is 0.717. The number of carbonyl (C=O) groups excluding carboxylic acids is 1. The fourth-order valence-electron chi connectivity index (χ4n) is 2.19. The Kier molecular flexibility index (Phi) is 2.33.